The van der Waals surface area contributed by atoms with E-state index in [2.05, 4.69) is 35.0 Å². The fourth-order valence-corrected chi connectivity index (χ4v) is 2.51. The van der Waals surface area contributed by atoms with Gasteiger partial charge >= 0.3 is 0 Å². The predicted molar refractivity (Wildman–Crippen MR) is 81.9 cm³/mol. The van der Waals surface area contributed by atoms with Gasteiger partial charge in [-0.05, 0) is 30.3 Å². The summed E-state index contributed by atoms with van der Waals surface area (Å²) < 4.78 is 0. The van der Waals surface area contributed by atoms with Gasteiger partial charge in [-0.15, -0.1) is 0 Å². The molecule has 2 aromatic rings. The Bertz CT molecular complexity index is 604. The quantitative estimate of drug-likeness (QED) is 0.841. The molecule has 0 fully saturated rings. The van der Waals surface area contributed by atoms with Crippen molar-refractivity contribution in [2.24, 2.45) is 0 Å². The number of hydrogen-bond acceptors (Lipinski definition) is 2. The van der Waals surface area contributed by atoms with Crippen LogP contribution in [0, 0.1) is 0 Å². The second-order valence-electron chi connectivity index (χ2n) is 4.55. The van der Waals surface area contributed by atoms with Gasteiger partial charge in [-0.3, -0.25) is 0 Å². The van der Waals surface area contributed by atoms with Gasteiger partial charge in [0.15, 0.2) is 0 Å². The van der Waals surface area contributed by atoms with Crippen molar-refractivity contribution < 1.29 is 0 Å². The molecular weight excluding hydrogens is 256 g/mol. The highest BCUT2D eigenvalue weighted by atomic mass is 35.5. The Balaban J connectivity index is 2.08. The number of rotatable bonds is 1. The van der Waals surface area contributed by atoms with Crippen LogP contribution in [0.4, 0.5) is 11.4 Å². The third-order valence-electron chi connectivity index (χ3n) is 3.33. The number of para-hydroxylation sites is 1. The summed E-state index contributed by atoms with van der Waals surface area (Å²) in [6.45, 7) is 5.87. The molecule has 2 aromatic carbocycles. The zero-order valence-corrected chi connectivity index (χ0v) is 11.3. The molecule has 3 rings (SSSR count). The molecule has 0 radical (unpaired) electrons. The van der Waals surface area contributed by atoms with Crippen molar-refractivity contribution in [2.75, 3.05) is 18.0 Å². The maximum absolute atomic E-state index is 5.96. The molecule has 0 saturated carbocycles. The fourth-order valence-electron chi connectivity index (χ4n) is 2.39. The lowest BCUT2D eigenvalue weighted by Gasteiger charge is -2.24. The summed E-state index contributed by atoms with van der Waals surface area (Å²) in [4.78, 5) is 2.29. The average Bonchev–Trinajstić information content (AvgIpc) is 2.60. The Morgan fingerprint density at radius 2 is 1.79 bits per heavy atom. The van der Waals surface area contributed by atoms with Gasteiger partial charge in [0, 0.05) is 35.1 Å². The minimum absolute atomic E-state index is 0.759. The van der Waals surface area contributed by atoms with Gasteiger partial charge in [0.05, 0.1) is 5.69 Å². The summed E-state index contributed by atoms with van der Waals surface area (Å²) >= 11 is 5.96. The number of nitrogens with one attached hydrogen (secondary N) is 1. The second-order valence-corrected chi connectivity index (χ2v) is 4.99. The summed E-state index contributed by atoms with van der Waals surface area (Å²) in [7, 11) is 0. The molecule has 0 spiro atoms. The van der Waals surface area contributed by atoms with Crippen molar-refractivity contribution in [1.82, 2.24) is 5.32 Å². The molecule has 19 heavy (non-hydrogen) atoms. The summed E-state index contributed by atoms with van der Waals surface area (Å²) in [5.74, 6) is 0. The van der Waals surface area contributed by atoms with E-state index in [1.807, 2.05) is 30.3 Å². The number of nitrogens with zero attached hydrogens (tertiary/aromatic N) is 1. The van der Waals surface area contributed by atoms with Crippen LogP contribution in [0.25, 0.3) is 5.70 Å². The van der Waals surface area contributed by atoms with Gasteiger partial charge in [-0.25, -0.2) is 0 Å². The van der Waals surface area contributed by atoms with Crippen LogP contribution >= 0.6 is 11.6 Å². The highest BCUT2D eigenvalue weighted by molar-refractivity contribution is 6.30. The molecule has 0 atom stereocenters. The summed E-state index contributed by atoms with van der Waals surface area (Å²) in [5, 5.41) is 4.11. The van der Waals surface area contributed by atoms with E-state index in [1.165, 1.54) is 5.69 Å². The first-order valence-corrected chi connectivity index (χ1v) is 6.69. The highest BCUT2D eigenvalue weighted by Crippen LogP contribution is 2.33. The van der Waals surface area contributed by atoms with Crippen LogP contribution in [0.2, 0.25) is 5.02 Å². The third kappa shape index (κ3) is 2.32. The molecule has 0 saturated heterocycles. The summed E-state index contributed by atoms with van der Waals surface area (Å²) in [6.07, 6.45) is 0. The van der Waals surface area contributed by atoms with E-state index in [4.69, 9.17) is 11.6 Å². The van der Waals surface area contributed by atoms with Crippen LogP contribution < -0.4 is 10.2 Å². The van der Waals surface area contributed by atoms with Crippen molar-refractivity contribution in [3.8, 4) is 0 Å². The van der Waals surface area contributed by atoms with E-state index >= 15 is 0 Å². The molecule has 1 N–H and O–H groups in total. The van der Waals surface area contributed by atoms with Crippen LogP contribution in [0.1, 0.15) is 5.56 Å². The van der Waals surface area contributed by atoms with E-state index in [0.29, 0.717) is 0 Å². The SMILES string of the molecule is C=C1NCCN(c2ccc(Cl)cc2)c2ccccc21. The maximum atomic E-state index is 5.96. The minimum atomic E-state index is 0.759. The number of fused-ring (bicyclic) bond motifs is 1. The molecule has 1 aliphatic rings. The second kappa shape index (κ2) is 4.98. The van der Waals surface area contributed by atoms with Gasteiger partial charge in [-0.2, -0.15) is 0 Å². The Morgan fingerprint density at radius 3 is 2.58 bits per heavy atom. The van der Waals surface area contributed by atoms with Gasteiger partial charge in [-0.1, -0.05) is 36.4 Å². The van der Waals surface area contributed by atoms with Crippen molar-refractivity contribution >= 4 is 28.7 Å². The van der Waals surface area contributed by atoms with E-state index in [-0.39, 0.29) is 0 Å². The molecule has 1 aliphatic heterocycles. The largest absolute Gasteiger partial charge is 0.383 e. The van der Waals surface area contributed by atoms with Crippen LogP contribution in [0.5, 0.6) is 0 Å². The zero-order chi connectivity index (χ0) is 13.2. The molecule has 0 aromatic heterocycles. The van der Waals surface area contributed by atoms with Gasteiger partial charge in [0.1, 0.15) is 0 Å². The Kier molecular flexibility index (Phi) is 3.18. The molecule has 3 heteroatoms. The number of anilines is 2. The van der Waals surface area contributed by atoms with Crippen molar-refractivity contribution in [3.05, 3.63) is 65.7 Å². The van der Waals surface area contributed by atoms with Crippen LogP contribution in [-0.4, -0.2) is 13.1 Å². The fraction of sp³-hybridized carbons (Fsp3) is 0.125. The summed E-state index contributed by atoms with van der Waals surface area (Å²) in [6, 6.07) is 16.3. The monoisotopic (exact) mass is 270 g/mol. The number of benzene rings is 2. The normalized spacial score (nSPS) is 14.6. The first-order chi connectivity index (χ1) is 9.25. The van der Waals surface area contributed by atoms with Crippen LogP contribution in [0.3, 0.4) is 0 Å². The molecule has 0 unspecified atom stereocenters. The van der Waals surface area contributed by atoms with E-state index < -0.39 is 0 Å². The standard InChI is InChI=1S/C16H15ClN2/c1-12-15-4-2-3-5-16(15)19(11-10-18-12)14-8-6-13(17)7-9-14/h2-9,18H,1,10-11H2. The Morgan fingerprint density at radius 1 is 1.05 bits per heavy atom. The number of halogens is 1. The molecule has 0 amide bonds. The van der Waals surface area contributed by atoms with Crippen molar-refractivity contribution in [2.45, 2.75) is 0 Å². The molecule has 0 bridgehead atoms. The lowest BCUT2D eigenvalue weighted by molar-refractivity contribution is 0.852. The number of hydrogen-bond donors (Lipinski definition) is 1. The Hall–Kier alpha value is -1.93. The van der Waals surface area contributed by atoms with Crippen molar-refractivity contribution in [1.29, 1.82) is 0 Å². The topological polar surface area (TPSA) is 15.3 Å². The maximum Gasteiger partial charge on any atom is 0.0505 e. The highest BCUT2D eigenvalue weighted by Gasteiger charge is 2.17. The molecular formula is C16H15ClN2. The van der Waals surface area contributed by atoms with E-state index in [9.17, 15) is 0 Å². The molecule has 0 aliphatic carbocycles. The molecule has 96 valence electrons. The van der Waals surface area contributed by atoms with Crippen molar-refractivity contribution in [3.63, 3.8) is 0 Å². The zero-order valence-electron chi connectivity index (χ0n) is 10.6. The average molecular weight is 271 g/mol. The first-order valence-electron chi connectivity index (χ1n) is 6.31. The van der Waals surface area contributed by atoms with Crippen LogP contribution in [-0.2, 0) is 0 Å². The lowest BCUT2D eigenvalue weighted by Crippen LogP contribution is -2.24. The minimum Gasteiger partial charge on any atom is -0.383 e. The lowest BCUT2D eigenvalue weighted by atomic mass is 10.1. The molecule has 1 heterocycles. The third-order valence-corrected chi connectivity index (χ3v) is 3.58. The summed E-state index contributed by atoms with van der Waals surface area (Å²) in [5.41, 5.74) is 4.45. The Labute approximate surface area is 118 Å². The molecule has 2 nitrogen and oxygen atoms in total. The smallest absolute Gasteiger partial charge is 0.0505 e. The predicted octanol–water partition coefficient (Wildman–Crippen LogP) is 4.05. The van der Waals surface area contributed by atoms with Crippen LogP contribution in [0.15, 0.2) is 55.1 Å². The van der Waals surface area contributed by atoms with Gasteiger partial charge in [0.25, 0.3) is 0 Å². The van der Waals surface area contributed by atoms with E-state index in [1.54, 1.807) is 0 Å². The first kappa shape index (κ1) is 12.1. The van der Waals surface area contributed by atoms with E-state index in [0.717, 1.165) is 35.1 Å². The van der Waals surface area contributed by atoms with Gasteiger partial charge < -0.3 is 10.2 Å². The van der Waals surface area contributed by atoms with Gasteiger partial charge in [0.2, 0.25) is 0 Å².